The second kappa shape index (κ2) is 6.36. The second-order valence-corrected chi connectivity index (χ2v) is 8.06. The molecule has 25 heavy (non-hydrogen) atoms. The first-order valence-corrected chi connectivity index (χ1v) is 9.41. The highest BCUT2D eigenvalue weighted by Crippen LogP contribution is 2.25. The number of anilines is 1. The van der Waals surface area contributed by atoms with Gasteiger partial charge in [0.05, 0.1) is 24.3 Å². The van der Waals surface area contributed by atoms with Crippen LogP contribution in [0.4, 0.5) is 5.82 Å². The van der Waals surface area contributed by atoms with Gasteiger partial charge in [0.1, 0.15) is 5.75 Å². The molecule has 1 saturated heterocycles. The number of sulfone groups is 1. The summed E-state index contributed by atoms with van der Waals surface area (Å²) in [5, 5.41) is 17.7. The highest BCUT2D eigenvalue weighted by Gasteiger charge is 2.34. The molecule has 0 amide bonds. The molecule has 0 spiro atoms. The number of aromatic nitrogens is 3. The molecule has 1 aromatic carbocycles. The van der Waals surface area contributed by atoms with Crippen LogP contribution in [0.2, 0.25) is 0 Å². The van der Waals surface area contributed by atoms with Crippen LogP contribution < -0.4 is 9.64 Å². The lowest BCUT2D eigenvalue weighted by Gasteiger charge is -2.22. The number of carboxylic acids is 1. The molecule has 0 bridgehead atoms. The van der Waals surface area contributed by atoms with Crippen molar-refractivity contribution in [2.45, 2.75) is 12.5 Å². The molecule has 1 atom stereocenters. The van der Waals surface area contributed by atoms with Gasteiger partial charge in [-0.05, 0) is 18.6 Å². The van der Waals surface area contributed by atoms with E-state index in [4.69, 9.17) is 4.74 Å². The number of hydrogen-bond acceptors (Lipinski definition) is 7. The van der Waals surface area contributed by atoms with Crippen molar-refractivity contribution in [3.63, 3.8) is 0 Å². The molecule has 1 aromatic heterocycles. The number of aromatic carboxylic acids is 1. The van der Waals surface area contributed by atoms with Gasteiger partial charge in [-0.2, -0.15) is 0 Å². The Morgan fingerprint density at radius 1 is 1.40 bits per heavy atom. The minimum Gasteiger partial charge on any atom is -0.497 e. The largest absolute Gasteiger partial charge is 0.497 e. The van der Waals surface area contributed by atoms with Crippen molar-refractivity contribution in [3.8, 4) is 11.4 Å². The molecule has 2 heterocycles. The van der Waals surface area contributed by atoms with Gasteiger partial charge in [-0.1, -0.05) is 6.07 Å². The molecule has 1 N–H and O–H groups in total. The lowest BCUT2D eigenvalue weighted by Crippen LogP contribution is -2.34. The fourth-order valence-corrected chi connectivity index (χ4v) is 4.55. The number of hydrogen-bond donors (Lipinski definition) is 1. The lowest BCUT2D eigenvalue weighted by molar-refractivity contribution is 0.0690. The molecule has 1 aliphatic rings. The molecule has 0 saturated carbocycles. The van der Waals surface area contributed by atoms with Crippen molar-refractivity contribution in [2.24, 2.45) is 0 Å². The zero-order valence-corrected chi connectivity index (χ0v) is 14.6. The molecular weight excluding hydrogens is 348 g/mol. The maximum Gasteiger partial charge on any atom is 0.360 e. The average molecular weight is 366 g/mol. The Hall–Kier alpha value is -2.62. The minimum atomic E-state index is -3.10. The number of nitrogens with zero attached hydrogens (tertiary/aromatic N) is 4. The SMILES string of the molecule is COc1cccc(-n2nc(C(=O)O)c(N(C)C3CCS(=O)(=O)C3)n2)c1. The fraction of sp³-hybridized carbons (Fsp3) is 0.400. The van der Waals surface area contributed by atoms with Crippen LogP contribution in [0, 0.1) is 0 Å². The van der Waals surface area contributed by atoms with Gasteiger partial charge in [0.2, 0.25) is 5.69 Å². The molecule has 0 aliphatic carbocycles. The molecule has 10 heteroatoms. The third kappa shape index (κ3) is 3.43. The van der Waals surface area contributed by atoms with Crippen LogP contribution in [0.5, 0.6) is 5.75 Å². The summed E-state index contributed by atoms with van der Waals surface area (Å²) in [7, 11) is 0.0661. The molecule has 1 unspecified atom stereocenters. The Bertz CT molecular complexity index is 908. The molecule has 0 radical (unpaired) electrons. The molecule has 3 rings (SSSR count). The Morgan fingerprint density at radius 3 is 2.76 bits per heavy atom. The van der Waals surface area contributed by atoms with Crippen LogP contribution in [0.25, 0.3) is 5.69 Å². The van der Waals surface area contributed by atoms with Crippen molar-refractivity contribution < 1.29 is 23.1 Å². The van der Waals surface area contributed by atoms with Gasteiger partial charge >= 0.3 is 5.97 Å². The Labute approximate surface area is 144 Å². The summed E-state index contributed by atoms with van der Waals surface area (Å²) in [6, 6.07) is 6.57. The van der Waals surface area contributed by atoms with Crippen LogP contribution >= 0.6 is 0 Å². The topological polar surface area (TPSA) is 115 Å². The maximum atomic E-state index is 11.7. The van der Waals surface area contributed by atoms with E-state index in [1.165, 1.54) is 11.9 Å². The first-order chi connectivity index (χ1) is 11.8. The summed E-state index contributed by atoms with van der Waals surface area (Å²) in [6.45, 7) is 0. The summed E-state index contributed by atoms with van der Waals surface area (Å²) in [6.07, 6.45) is 0.434. The van der Waals surface area contributed by atoms with Crippen LogP contribution in [-0.4, -0.2) is 66.2 Å². The normalized spacial score (nSPS) is 18.9. The van der Waals surface area contributed by atoms with E-state index in [2.05, 4.69) is 10.2 Å². The van der Waals surface area contributed by atoms with Crippen molar-refractivity contribution in [1.82, 2.24) is 15.0 Å². The molecule has 1 fully saturated rings. The number of ether oxygens (including phenoxy) is 1. The molecular formula is C15H18N4O5S. The zero-order chi connectivity index (χ0) is 18.2. The smallest absolute Gasteiger partial charge is 0.360 e. The summed E-state index contributed by atoms with van der Waals surface area (Å²) < 4.78 is 28.5. The van der Waals surface area contributed by atoms with Gasteiger partial charge in [-0.25, -0.2) is 13.2 Å². The minimum absolute atomic E-state index is 0.0193. The summed E-state index contributed by atoms with van der Waals surface area (Å²) in [5.74, 6) is -0.430. The van der Waals surface area contributed by atoms with Gasteiger partial charge in [0.15, 0.2) is 15.7 Å². The van der Waals surface area contributed by atoms with Gasteiger partial charge in [-0.3, -0.25) is 0 Å². The molecule has 2 aromatic rings. The van der Waals surface area contributed by atoms with Gasteiger partial charge in [-0.15, -0.1) is 15.0 Å². The lowest BCUT2D eigenvalue weighted by atomic mass is 10.2. The highest BCUT2D eigenvalue weighted by atomic mass is 32.2. The van der Waals surface area contributed by atoms with Gasteiger partial charge in [0.25, 0.3) is 0 Å². The van der Waals surface area contributed by atoms with E-state index >= 15 is 0 Å². The third-order valence-corrected chi connectivity index (χ3v) is 5.92. The first kappa shape index (κ1) is 17.2. The predicted octanol–water partition coefficient (Wildman–Crippen LogP) is 0.597. The molecule has 134 valence electrons. The first-order valence-electron chi connectivity index (χ1n) is 7.59. The van der Waals surface area contributed by atoms with Crippen molar-refractivity contribution >= 4 is 21.6 Å². The number of methoxy groups -OCH3 is 1. The Kier molecular flexibility index (Phi) is 4.38. The van der Waals surface area contributed by atoms with E-state index < -0.39 is 15.8 Å². The zero-order valence-electron chi connectivity index (χ0n) is 13.8. The van der Waals surface area contributed by atoms with Crippen LogP contribution in [0.15, 0.2) is 24.3 Å². The van der Waals surface area contributed by atoms with Crippen molar-refractivity contribution in [3.05, 3.63) is 30.0 Å². The van der Waals surface area contributed by atoms with Crippen LogP contribution in [0.1, 0.15) is 16.9 Å². The number of carboxylic acid groups (broad SMARTS) is 1. The number of benzene rings is 1. The van der Waals surface area contributed by atoms with E-state index in [1.807, 2.05) is 0 Å². The monoisotopic (exact) mass is 366 g/mol. The fourth-order valence-electron chi connectivity index (χ4n) is 2.78. The summed E-state index contributed by atoms with van der Waals surface area (Å²) >= 11 is 0. The predicted molar refractivity (Wildman–Crippen MR) is 90.3 cm³/mol. The second-order valence-electron chi connectivity index (χ2n) is 5.84. The van der Waals surface area contributed by atoms with E-state index in [0.717, 1.165) is 0 Å². The van der Waals surface area contributed by atoms with Crippen molar-refractivity contribution in [2.75, 3.05) is 30.6 Å². The van der Waals surface area contributed by atoms with E-state index in [-0.39, 0.29) is 29.1 Å². The summed E-state index contributed by atoms with van der Waals surface area (Å²) in [4.78, 5) is 14.3. The average Bonchev–Trinajstić information content (AvgIpc) is 3.18. The standard InChI is InChI=1S/C15H18N4O5S/c1-18(11-6-7-25(22,23)9-11)14-13(15(20)21)16-19(17-14)10-4-3-5-12(8-10)24-2/h3-5,8,11H,6-7,9H2,1-2H3,(H,20,21). The molecule has 1 aliphatic heterocycles. The van der Waals surface area contributed by atoms with E-state index in [0.29, 0.717) is 17.9 Å². The number of rotatable bonds is 5. The Morgan fingerprint density at radius 2 is 2.16 bits per heavy atom. The Balaban J connectivity index is 1.99. The van der Waals surface area contributed by atoms with Crippen LogP contribution in [-0.2, 0) is 9.84 Å². The summed E-state index contributed by atoms with van der Waals surface area (Å²) in [5.41, 5.74) is 0.315. The van der Waals surface area contributed by atoms with Gasteiger partial charge in [0, 0.05) is 19.2 Å². The van der Waals surface area contributed by atoms with Crippen LogP contribution in [0.3, 0.4) is 0 Å². The maximum absolute atomic E-state index is 11.7. The third-order valence-electron chi connectivity index (χ3n) is 4.17. The highest BCUT2D eigenvalue weighted by molar-refractivity contribution is 7.91. The van der Waals surface area contributed by atoms with E-state index in [1.54, 1.807) is 36.2 Å². The molecule has 9 nitrogen and oxygen atoms in total. The quantitative estimate of drug-likeness (QED) is 0.818. The van der Waals surface area contributed by atoms with Crippen molar-refractivity contribution in [1.29, 1.82) is 0 Å². The van der Waals surface area contributed by atoms with Gasteiger partial charge < -0.3 is 14.7 Å². The van der Waals surface area contributed by atoms with E-state index in [9.17, 15) is 18.3 Å². The number of carbonyl (C=O) groups is 1.